The van der Waals surface area contributed by atoms with E-state index < -0.39 is 33.1 Å². The molecule has 0 saturated carbocycles. The van der Waals surface area contributed by atoms with Gasteiger partial charge in [-0.2, -0.15) is 5.10 Å². The highest BCUT2D eigenvalue weighted by molar-refractivity contribution is 7.90. The summed E-state index contributed by atoms with van der Waals surface area (Å²) in [6.45, 7) is -0.274. The van der Waals surface area contributed by atoms with Crippen molar-refractivity contribution < 1.29 is 27.1 Å². The van der Waals surface area contributed by atoms with Crippen molar-refractivity contribution >= 4 is 32.8 Å². The van der Waals surface area contributed by atoms with Crippen molar-refractivity contribution in [1.29, 1.82) is 0 Å². The van der Waals surface area contributed by atoms with E-state index in [1.54, 1.807) is 48.7 Å². The lowest BCUT2D eigenvalue weighted by atomic mass is 9.92. The summed E-state index contributed by atoms with van der Waals surface area (Å²) < 4.78 is 50.9. The number of hydrogen-bond donors (Lipinski definition) is 1. The molecule has 2 atom stereocenters. The standard InChI is InChI=1S/C22H23N3O6S2/c1-33(30,31)18-5-2-4-16(12-18)15-8-10-17(11-9-15)25(32(28)29)21-7-3-6-20-19(21)13-23-24(20)14-22(26)27/h2,4-5,8-13,21H,3,6-7,14H2,1H3,(H,26,27)(H,28,29)/p-1. The highest BCUT2D eigenvalue weighted by atomic mass is 32.2. The Kier molecular flexibility index (Phi) is 6.37. The molecule has 1 aliphatic carbocycles. The van der Waals surface area contributed by atoms with E-state index in [1.165, 1.54) is 15.1 Å². The van der Waals surface area contributed by atoms with Crippen molar-refractivity contribution in [3.8, 4) is 11.1 Å². The number of fused-ring (bicyclic) bond motifs is 1. The van der Waals surface area contributed by atoms with Crippen LogP contribution in [0.1, 0.15) is 30.1 Å². The molecular weight excluding hydrogens is 466 g/mol. The van der Waals surface area contributed by atoms with E-state index in [2.05, 4.69) is 5.10 Å². The van der Waals surface area contributed by atoms with Gasteiger partial charge in [0.1, 0.15) is 6.54 Å². The molecule has 0 aliphatic heterocycles. The number of carboxylic acid groups (broad SMARTS) is 1. The Bertz CT molecular complexity index is 1320. The highest BCUT2D eigenvalue weighted by Gasteiger charge is 2.30. The molecule has 2 aromatic carbocycles. The van der Waals surface area contributed by atoms with Gasteiger partial charge in [0.05, 0.1) is 17.1 Å². The van der Waals surface area contributed by atoms with Crippen LogP contribution in [0.15, 0.2) is 59.6 Å². The first kappa shape index (κ1) is 23.1. The molecule has 2 unspecified atom stereocenters. The van der Waals surface area contributed by atoms with E-state index in [4.69, 9.17) is 5.11 Å². The summed E-state index contributed by atoms with van der Waals surface area (Å²) in [5, 5.41) is 13.3. The van der Waals surface area contributed by atoms with Crippen molar-refractivity contribution in [2.75, 3.05) is 10.6 Å². The SMILES string of the molecule is CS(=O)(=O)c1cccc(-c2ccc(N(C3CCCc4c3cnn4CC(=O)O)S(=O)[O-])cc2)c1. The van der Waals surface area contributed by atoms with Gasteiger partial charge in [0.15, 0.2) is 9.84 Å². The Morgan fingerprint density at radius 1 is 1.24 bits per heavy atom. The van der Waals surface area contributed by atoms with Crippen LogP contribution in [0.2, 0.25) is 0 Å². The maximum atomic E-state index is 12.2. The number of sulfone groups is 1. The third-order valence-electron chi connectivity index (χ3n) is 5.68. The first-order valence-corrected chi connectivity index (χ1v) is 13.1. The van der Waals surface area contributed by atoms with E-state index in [1.807, 2.05) is 0 Å². The Labute approximate surface area is 194 Å². The molecule has 33 heavy (non-hydrogen) atoms. The first-order chi connectivity index (χ1) is 15.6. The largest absolute Gasteiger partial charge is 0.755 e. The second-order valence-electron chi connectivity index (χ2n) is 7.90. The van der Waals surface area contributed by atoms with Gasteiger partial charge in [-0.05, 0) is 54.7 Å². The number of anilines is 1. The number of aromatic nitrogens is 2. The molecule has 1 heterocycles. The van der Waals surface area contributed by atoms with Crippen LogP contribution in [0.25, 0.3) is 11.1 Å². The normalized spacial score (nSPS) is 16.7. The van der Waals surface area contributed by atoms with Crippen LogP contribution in [0.5, 0.6) is 0 Å². The van der Waals surface area contributed by atoms with Gasteiger partial charge in [-0.15, -0.1) is 0 Å². The van der Waals surface area contributed by atoms with Gasteiger partial charge < -0.3 is 9.66 Å². The minimum absolute atomic E-state index is 0.208. The molecule has 3 aromatic rings. The predicted octanol–water partition coefficient (Wildman–Crippen LogP) is 2.72. The van der Waals surface area contributed by atoms with Crippen LogP contribution in [-0.2, 0) is 38.9 Å². The average molecular weight is 489 g/mol. The van der Waals surface area contributed by atoms with Crippen molar-refractivity contribution in [1.82, 2.24) is 9.78 Å². The van der Waals surface area contributed by atoms with Crippen molar-refractivity contribution in [3.63, 3.8) is 0 Å². The molecule has 174 valence electrons. The maximum Gasteiger partial charge on any atom is 0.325 e. The summed E-state index contributed by atoms with van der Waals surface area (Å²) in [6.07, 6.45) is 4.61. The second-order valence-corrected chi connectivity index (χ2v) is 10.7. The summed E-state index contributed by atoms with van der Waals surface area (Å²) in [5.74, 6) is -1.01. The molecule has 11 heteroatoms. The summed E-state index contributed by atoms with van der Waals surface area (Å²) in [5.41, 5.74) is 3.35. The molecule has 0 amide bonds. The van der Waals surface area contributed by atoms with Crippen molar-refractivity contribution in [2.24, 2.45) is 0 Å². The predicted molar refractivity (Wildman–Crippen MR) is 122 cm³/mol. The van der Waals surface area contributed by atoms with E-state index in [-0.39, 0.29) is 11.4 Å². The first-order valence-electron chi connectivity index (χ1n) is 10.2. The van der Waals surface area contributed by atoms with Crippen molar-refractivity contribution in [3.05, 3.63) is 66.0 Å². The zero-order chi connectivity index (χ0) is 23.8. The van der Waals surface area contributed by atoms with E-state index >= 15 is 0 Å². The summed E-state index contributed by atoms with van der Waals surface area (Å²) >= 11 is -2.58. The van der Waals surface area contributed by atoms with Crippen LogP contribution in [0.3, 0.4) is 0 Å². The fourth-order valence-electron chi connectivity index (χ4n) is 4.18. The molecule has 0 bridgehead atoms. The zero-order valence-electron chi connectivity index (χ0n) is 17.7. The smallest absolute Gasteiger partial charge is 0.325 e. The quantitative estimate of drug-likeness (QED) is 0.506. The second kappa shape index (κ2) is 9.08. The number of benzene rings is 2. The molecule has 4 rings (SSSR count). The minimum atomic E-state index is -3.35. The third-order valence-corrected chi connectivity index (χ3v) is 7.57. The fourth-order valence-corrected chi connectivity index (χ4v) is 5.57. The lowest BCUT2D eigenvalue weighted by Crippen LogP contribution is -2.33. The van der Waals surface area contributed by atoms with Crippen molar-refractivity contribution in [2.45, 2.75) is 36.7 Å². The molecule has 0 radical (unpaired) electrons. The van der Waals surface area contributed by atoms with E-state index in [9.17, 15) is 22.0 Å². The number of nitrogens with zero attached hydrogens (tertiary/aromatic N) is 3. The zero-order valence-corrected chi connectivity index (χ0v) is 19.4. The summed E-state index contributed by atoms with van der Waals surface area (Å²) in [7, 11) is -3.35. The minimum Gasteiger partial charge on any atom is -0.755 e. The average Bonchev–Trinajstić information content (AvgIpc) is 3.17. The molecule has 0 saturated heterocycles. The van der Waals surface area contributed by atoms with Crippen LogP contribution < -0.4 is 4.31 Å². The highest BCUT2D eigenvalue weighted by Crippen LogP contribution is 2.38. The van der Waals surface area contributed by atoms with E-state index in [0.717, 1.165) is 17.5 Å². The summed E-state index contributed by atoms with van der Waals surface area (Å²) in [4.78, 5) is 11.3. The maximum absolute atomic E-state index is 12.2. The summed E-state index contributed by atoms with van der Waals surface area (Å²) in [6, 6.07) is 12.9. The number of rotatable bonds is 7. The van der Waals surface area contributed by atoms with Gasteiger partial charge in [-0.25, -0.2) is 8.42 Å². The number of aliphatic carboxylic acids is 1. The van der Waals surface area contributed by atoms with Crippen LogP contribution in [-0.4, -0.2) is 44.3 Å². The molecule has 0 spiro atoms. The lowest BCUT2D eigenvalue weighted by molar-refractivity contribution is -0.137. The van der Waals surface area contributed by atoms with E-state index in [0.29, 0.717) is 36.1 Å². The van der Waals surface area contributed by atoms with Gasteiger partial charge in [0.2, 0.25) is 0 Å². The molecule has 1 aromatic heterocycles. The van der Waals surface area contributed by atoms with Gasteiger partial charge in [-0.1, -0.05) is 24.3 Å². The van der Waals surface area contributed by atoms with Gasteiger partial charge in [0, 0.05) is 34.5 Å². The monoisotopic (exact) mass is 488 g/mol. The molecule has 0 fully saturated rings. The van der Waals surface area contributed by atoms with Crippen LogP contribution in [0, 0.1) is 0 Å². The van der Waals surface area contributed by atoms with Crippen LogP contribution in [0.4, 0.5) is 5.69 Å². The van der Waals surface area contributed by atoms with Crippen LogP contribution >= 0.6 is 0 Å². The molecule has 1 aliphatic rings. The number of hydrogen-bond acceptors (Lipinski definition) is 6. The third kappa shape index (κ3) is 4.85. The molecular formula is C22H22N3O6S2-. The lowest BCUT2D eigenvalue weighted by Gasteiger charge is -2.37. The Hall–Kier alpha value is -3.02. The fraction of sp³-hybridized carbons (Fsp3) is 0.273. The van der Waals surface area contributed by atoms with Gasteiger partial charge >= 0.3 is 5.97 Å². The van der Waals surface area contributed by atoms with Gasteiger partial charge in [0.25, 0.3) is 0 Å². The number of carboxylic acids is 1. The Morgan fingerprint density at radius 2 is 1.97 bits per heavy atom. The Balaban J connectivity index is 1.67. The molecule has 1 N–H and O–H groups in total. The molecule has 9 nitrogen and oxygen atoms in total. The van der Waals surface area contributed by atoms with Gasteiger partial charge in [-0.3, -0.25) is 18.0 Å². The Morgan fingerprint density at radius 3 is 2.61 bits per heavy atom. The topological polar surface area (TPSA) is 133 Å². The number of carbonyl (C=O) groups is 1.